The Balaban J connectivity index is 2.15. The topological polar surface area (TPSA) is 40.5 Å². The van der Waals surface area contributed by atoms with Gasteiger partial charge in [0, 0.05) is 24.9 Å². The van der Waals surface area contributed by atoms with Crippen LogP contribution in [-0.4, -0.2) is 42.0 Å². The third-order valence-electron chi connectivity index (χ3n) is 3.34. The van der Waals surface area contributed by atoms with Crippen LogP contribution in [0.3, 0.4) is 0 Å². The number of hydrogen-bond acceptors (Lipinski definition) is 3. The van der Waals surface area contributed by atoms with Crippen molar-refractivity contribution in [3.8, 4) is 0 Å². The average molecular weight is 227 g/mol. The molecule has 0 aromatic carbocycles. The highest BCUT2D eigenvalue weighted by atomic mass is 16.3. The number of Topliss-reactive ketones (excluding diaryl/α,β-unsaturated/α-hetero) is 1. The monoisotopic (exact) mass is 227 g/mol. The first-order valence-corrected chi connectivity index (χ1v) is 6.19. The zero-order valence-electron chi connectivity index (χ0n) is 11.0. The predicted molar refractivity (Wildman–Crippen MR) is 65.3 cm³/mol. The van der Waals surface area contributed by atoms with Gasteiger partial charge < -0.3 is 10.0 Å². The molecule has 1 saturated carbocycles. The number of nitrogens with zero attached hydrogens (tertiary/aromatic N) is 1. The van der Waals surface area contributed by atoms with Gasteiger partial charge in [0.15, 0.2) is 0 Å². The van der Waals surface area contributed by atoms with Gasteiger partial charge in [-0.05, 0) is 25.8 Å². The first-order valence-electron chi connectivity index (χ1n) is 6.19. The largest absolute Gasteiger partial charge is 0.393 e. The summed E-state index contributed by atoms with van der Waals surface area (Å²) in [5, 5.41) is 9.18. The first kappa shape index (κ1) is 13.7. The summed E-state index contributed by atoms with van der Waals surface area (Å²) >= 11 is 0. The van der Waals surface area contributed by atoms with Crippen LogP contribution in [0.25, 0.3) is 0 Å². The minimum atomic E-state index is -0.215. The lowest BCUT2D eigenvalue weighted by Gasteiger charge is -2.34. The summed E-state index contributed by atoms with van der Waals surface area (Å²) in [6.07, 6.45) is 2.42. The van der Waals surface area contributed by atoms with E-state index < -0.39 is 0 Å². The normalized spacial score (nSPS) is 25.6. The maximum atomic E-state index is 11.7. The molecule has 0 bridgehead atoms. The molecule has 0 spiro atoms. The molecule has 0 unspecified atom stereocenters. The van der Waals surface area contributed by atoms with E-state index in [4.69, 9.17) is 0 Å². The molecule has 0 aliphatic heterocycles. The van der Waals surface area contributed by atoms with E-state index >= 15 is 0 Å². The minimum absolute atomic E-state index is 0.0744. The highest BCUT2D eigenvalue weighted by molar-refractivity contribution is 5.83. The van der Waals surface area contributed by atoms with Gasteiger partial charge in [0.05, 0.1) is 6.10 Å². The second kappa shape index (κ2) is 5.28. The predicted octanol–water partition coefficient (Wildman–Crippen LogP) is 1.69. The third-order valence-corrected chi connectivity index (χ3v) is 3.34. The number of carbonyl (C=O) groups excluding carboxylic acids is 1. The van der Waals surface area contributed by atoms with Crippen molar-refractivity contribution in [1.29, 1.82) is 0 Å². The van der Waals surface area contributed by atoms with E-state index in [1.165, 1.54) is 0 Å². The fourth-order valence-corrected chi connectivity index (χ4v) is 2.05. The fourth-order valence-electron chi connectivity index (χ4n) is 2.05. The van der Waals surface area contributed by atoms with E-state index in [9.17, 15) is 9.90 Å². The number of carbonyl (C=O) groups is 1. The molecule has 16 heavy (non-hydrogen) atoms. The SMILES string of the molecule is CN(CCC(=O)C(C)(C)C)CC1CC(O)C1. The lowest BCUT2D eigenvalue weighted by Crippen LogP contribution is -2.38. The average Bonchev–Trinajstić information content (AvgIpc) is 2.10. The lowest BCUT2D eigenvalue weighted by molar-refractivity contribution is -0.126. The Bertz CT molecular complexity index is 239. The molecule has 0 heterocycles. The van der Waals surface area contributed by atoms with Crippen LogP contribution in [0.2, 0.25) is 0 Å². The number of hydrogen-bond donors (Lipinski definition) is 1. The van der Waals surface area contributed by atoms with Crippen molar-refractivity contribution in [2.24, 2.45) is 11.3 Å². The molecule has 0 aromatic rings. The molecule has 1 aliphatic rings. The Kier molecular flexibility index (Phi) is 4.51. The highest BCUT2D eigenvalue weighted by Gasteiger charge is 2.28. The standard InChI is InChI=1S/C13H25NO2/c1-13(2,3)12(16)5-6-14(4)9-10-7-11(15)8-10/h10-11,15H,5-9H2,1-4H3. The van der Waals surface area contributed by atoms with Crippen molar-refractivity contribution in [3.05, 3.63) is 0 Å². The van der Waals surface area contributed by atoms with E-state index in [1.807, 2.05) is 20.8 Å². The van der Waals surface area contributed by atoms with Gasteiger partial charge >= 0.3 is 0 Å². The molecule has 1 rings (SSSR count). The highest BCUT2D eigenvalue weighted by Crippen LogP contribution is 2.27. The summed E-state index contributed by atoms with van der Waals surface area (Å²) in [5.41, 5.74) is -0.215. The summed E-state index contributed by atoms with van der Waals surface area (Å²) < 4.78 is 0. The fraction of sp³-hybridized carbons (Fsp3) is 0.923. The number of ketones is 1. The van der Waals surface area contributed by atoms with Crippen LogP contribution in [0.5, 0.6) is 0 Å². The van der Waals surface area contributed by atoms with E-state index in [-0.39, 0.29) is 11.5 Å². The molecule has 0 atom stereocenters. The Morgan fingerprint density at radius 3 is 2.38 bits per heavy atom. The van der Waals surface area contributed by atoms with Gasteiger partial charge in [-0.1, -0.05) is 20.8 Å². The zero-order chi connectivity index (χ0) is 12.3. The number of aliphatic hydroxyl groups excluding tert-OH is 1. The lowest BCUT2D eigenvalue weighted by atomic mass is 9.82. The van der Waals surface area contributed by atoms with Gasteiger partial charge in [0.2, 0.25) is 0 Å². The van der Waals surface area contributed by atoms with Gasteiger partial charge in [0.25, 0.3) is 0 Å². The molecule has 1 N–H and O–H groups in total. The summed E-state index contributed by atoms with van der Waals surface area (Å²) in [6, 6.07) is 0. The zero-order valence-corrected chi connectivity index (χ0v) is 11.0. The van der Waals surface area contributed by atoms with Crippen molar-refractivity contribution in [2.75, 3.05) is 20.1 Å². The van der Waals surface area contributed by atoms with Crippen molar-refractivity contribution >= 4 is 5.78 Å². The second-order valence-electron chi connectivity index (χ2n) is 6.18. The van der Waals surface area contributed by atoms with Crippen molar-refractivity contribution < 1.29 is 9.90 Å². The van der Waals surface area contributed by atoms with Crippen LogP contribution < -0.4 is 0 Å². The molecule has 0 aromatic heterocycles. The van der Waals surface area contributed by atoms with Crippen LogP contribution in [0, 0.1) is 11.3 Å². The smallest absolute Gasteiger partial charge is 0.139 e. The maximum absolute atomic E-state index is 11.7. The van der Waals surface area contributed by atoms with Crippen molar-refractivity contribution in [3.63, 3.8) is 0 Å². The van der Waals surface area contributed by atoms with E-state index in [1.54, 1.807) is 0 Å². The van der Waals surface area contributed by atoms with Crippen molar-refractivity contribution in [2.45, 2.75) is 46.1 Å². The van der Waals surface area contributed by atoms with Gasteiger partial charge in [-0.15, -0.1) is 0 Å². The molecule has 0 saturated heterocycles. The maximum Gasteiger partial charge on any atom is 0.139 e. The summed E-state index contributed by atoms with van der Waals surface area (Å²) in [5.74, 6) is 0.956. The Morgan fingerprint density at radius 1 is 1.38 bits per heavy atom. The third kappa shape index (κ3) is 4.22. The van der Waals surface area contributed by atoms with Gasteiger partial charge in [-0.3, -0.25) is 4.79 Å². The van der Waals surface area contributed by atoms with Crippen LogP contribution >= 0.6 is 0 Å². The molecule has 94 valence electrons. The molecule has 1 aliphatic carbocycles. The van der Waals surface area contributed by atoms with E-state index in [0.29, 0.717) is 18.1 Å². The van der Waals surface area contributed by atoms with Gasteiger partial charge in [-0.25, -0.2) is 0 Å². The van der Waals surface area contributed by atoms with Crippen molar-refractivity contribution in [1.82, 2.24) is 4.90 Å². The van der Waals surface area contributed by atoms with Gasteiger partial charge in [0.1, 0.15) is 5.78 Å². The molecule has 3 nitrogen and oxygen atoms in total. The quantitative estimate of drug-likeness (QED) is 0.777. The Hall–Kier alpha value is -0.410. The van der Waals surface area contributed by atoms with Crippen LogP contribution in [-0.2, 0) is 4.79 Å². The van der Waals surface area contributed by atoms with E-state index in [0.717, 1.165) is 25.9 Å². The second-order valence-corrected chi connectivity index (χ2v) is 6.18. The molecule has 1 fully saturated rings. The summed E-state index contributed by atoms with van der Waals surface area (Å²) in [6.45, 7) is 7.75. The summed E-state index contributed by atoms with van der Waals surface area (Å²) in [4.78, 5) is 13.9. The molecular formula is C13H25NO2. The van der Waals surface area contributed by atoms with Crippen LogP contribution in [0.15, 0.2) is 0 Å². The molecule has 0 amide bonds. The molecule has 0 radical (unpaired) electrons. The molecular weight excluding hydrogens is 202 g/mol. The number of aliphatic hydroxyl groups is 1. The van der Waals surface area contributed by atoms with Crippen LogP contribution in [0.1, 0.15) is 40.0 Å². The van der Waals surface area contributed by atoms with Crippen LogP contribution in [0.4, 0.5) is 0 Å². The first-order chi connectivity index (χ1) is 7.29. The van der Waals surface area contributed by atoms with E-state index in [2.05, 4.69) is 11.9 Å². The number of rotatable bonds is 5. The molecule has 3 heteroatoms. The van der Waals surface area contributed by atoms with Gasteiger partial charge in [-0.2, -0.15) is 0 Å². The minimum Gasteiger partial charge on any atom is -0.393 e. The Morgan fingerprint density at radius 2 is 1.94 bits per heavy atom. The Labute approximate surface area is 98.8 Å². The summed E-state index contributed by atoms with van der Waals surface area (Å²) in [7, 11) is 2.06.